The zero-order chi connectivity index (χ0) is 11.6. The number of anilines is 1. The molecule has 2 rings (SSSR count). The highest BCUT2D eigenvalue weighted by Gasteiger charge is 2.28. The van der Waals surface area contributed by atoms with E-state index in [0.29, 0.717) is 5.95 Å². The molecule has 2 heterocycles. The summed E-state index contributed by atoms with van der Waals surface area (Å²) in [4.78, 5) is 11.7. The van der Waals surface area contributed by atoms with Crippen LogP contribution in [0, 0.1) is 0 Å². The molecule has 0 radical (unpaired) electrons. The minimum absolute atomic E-state index is 0.0771. The van der Waals surface area contributed by atoms with Crippen molar-refractivity contribution >= 4 is 29.2 Å². The Morgan fingerprint density at radius 1 is 1.12 bits per heavy atom. The minimum atomic E-state index is -0.0771. The van der Waals surface area contributed by atoms with Crippen LogP contribution in [0.2, 0.25) is 10.6 Å². The molecule has 1 saturated heterocycles. The number of hydrogen-bond donors (Lipinski definition) is 1. The Bertz CT molecular complexity index is 362. The third-order valence-corrected chi connectivity index (χ3v) is 2.93. The summed E-state index contributed by atoms with van der Waals surface area (Å²) in [6, 6.07) is 0. The lowest BCUT2D eigenvalue weighted by molar-refractivity contribution is 0.0656. The van der Waals surface area contributed by atoms with Crippen LogP contribution in [-0.4, -0.2) is 33.7 Å². The van der Waals surface area contributed by atoms with E-state index in [0.717, 1.165) is 26.1 Å². The first-order valence-electron chi connectivity index (χ1n) is 5.00. The van der Waals surface area contributed by atoms with Crippen molar-refractivity contribution in [3.8, 4) is 0 Å². The summed E-state index contributed by atoms with van der Waals surface area (Å²) in [6.07, 6.45) is 1.79. The summed E-state index contributed by atoms with van der Waals surface area (Å²) in [5, 5.41) is 3.42. The summed E-state index contributed by atoms with van der Waals surface area (Å²) in [5.74, 6) is 0.411. The highest BCUT2D eigenvalue weighted by atomic mass is 35.5. The van der Waals surface area contributed by atoms with E-state index in [4.69, 9.17) is 27.9 Å². The van der Waals surface area contributed by atoms with Crippen LogP contribution < -0.4 is 5.32 Å². The molecule has 1 fully saturated rings. The molecule has 0 saturated carbocycles. The van der Waals surface area contributed by atoms with Gasteiger partial charge < -0.3 is 10.1 Å². The average Bonchev–Trinajstić information content (AvgIpc) is 2.15. The van der Waals surface area contributed by atoms with Gasteiger partial charge in [-0.1, -0.05) is 0 Å². The summed E-state index contributed by atoms with van der Waals surface area (Å²) >= 11 is 11.4. The molecule has 88 valence electrons. The molecule has 0 amide bonds. The second-order valence-corrected chi connectivity index (χ2v) is 4.67. The van der Waals surface area contributed by atoms with Gasteiger partial charge in [0, 0.05) is 18.8 Å². The highest BCUT2D eigenvalue weighted by molar-refractivity contribution is 6.31. The fourth-order valence-electron chi connectivity index (χ4n) is 1.60. The second kappa shape index (κ2) is 4.69. The maximum atomic E-state index is 5.70. The van der Waals surface area contributed by atoms with E-state index in [9.17, 15) is 0 Å². The summed E-state index contributed by atoms with van der Waals surface area (Å²) in [6.45, 7) is 3.56. The first-order valence-corrected chi connectivity index (χ1v) is 5.76. The molecule has 0 unspecified atom stereocenters. The Kier molecular flexibility index (Phi) is 3.47. The van der Waals surface area contributed by atoms with Crippen LogP contribution >= 0.6 is 23.2 Å². The molecule has 5 nitrogen and oxygen atoms in total. The lowest BCUT2D eigenvalue weighted by Gasteiger charge is -2.34. The van der Waals surface area contributed by atoms with Crippen molar-refractivity contribution in [2.45, 2.75) is 25.3 Å². The fraction of sp³-hybridized carbons (Fsp3) is 0.667. The van der Waals surface area contributed by atoms with Gasteiger partial charge in [0.15, 0.2) is 0 Å². The molecule has 0 atom stereocenters. The molecule has 0 aromatic carbocycles. The van der Waals surface area contributed by atoms with E-state index in [-0.39, 0.29) is 16.1 Å². The van der Waals surface area contributed by atoms with Gasteiger partial charge in [-0.2, -0.15) is 15.0 Å². The monoisotopic (exact) mass is 262 g/mol. The van der Waals surface area contributed by atoms with Crippen molar-refractivity contribution in [3.63, 3.8) is 0 Å². The van der Waals surface area contributed by atoms with Crippen LogP contribution in [0.15, 0.2) is 0 Å². The zero-order valence-electron chi connectivity index (χ0n) is 8.83. The number of nitrogens with one attached hydrogen (secondary N) is 1. The first-order chi connectivity index (χ1) is 7.57. The van der Waals surface area contributed by atoms with Crippen molar-refractivity contribution in [2.24, 2.45) is 0 Å². The Morgan fingerprint density at radius 2 is 1.69 bits per heavy atom. The molecule has 7 heteroatoms. The van der Waals surface area contributed by atoms with Crippen molar-refractivity contribution in [2.75, 3.05) is 18.5 Å². The molecular weight excluding hydrogens is 251 g/mol. The lowest BCUT2D eigenvalue weighted by atomic mass is 9.93. The molecule has 1 aromatic heterocycles. The predicted octanol–water partition coefficient (Wildman–Crippen LogP) is 2.16. The second-order valence-electron chi connectivity index (χ2n) is 4.00. The quantitative estimate of drug-likeness (QED) is 0.885. The SMILES string of the molecule is CC1(Nc2nc(Cl)nc(Cl)n2)CCOCC1. The average molecular weight is 263 g/mol. The van der Waals surface area contributed by atoms with Gasteiger partial charge in [0.1, 0.15) is 0 Å². The van der Waals surface area contributed by atoms with Gasteiger partial charge in [-0.05, 0) is 43.0 Å². The molecule has 16 heavy (non-hydrogen) atoms. The van der Waals surface area contributed by atoms with E-state index in [1.165, 1.54) is 0 Å². The van der Waals surface area contributed by atoms with Crippen LogP contribution in [0.25, 0.3) is 0 Å². The third kappa shape index (κ3) is 2.93. The van der Waals surface area contributed by atoms with Crippen molar-refractivity contribution < 1.29 is 4.74 Å². The zero-order valence-corrected chi connectivity index (χ0v) is 10.3. The van der Waals surface area contributed by atoms with Gasteiger partial charge in [-0.3, -0.25) is 0 Å². The summed E-state index contributed by atoms with van der Waals surface area (Å²) in [7, 11) is 0. The minimum Gasteiger partial charge on any atom is -0.381 e. The van der Waals surface area contributed by atoms with E-state index in [1.54, 1.807) is 0 Å². The summed E-state index contributed by atoms with van der Waals surface area (Å²) in [5.41, 5.74) is -0.0771. The van der Waals surface area contributed by atoms with Gasteiger partial charge in [-0.15, -0.1) is 0 Å². The van der Waals surface area contributed by atoms with Crippen LogP contribution in [0.5, 0.6) is 0 Å². The van der Waals surface area contributed by atoms with Crippen molar-refractivity contribution in [1.29, 1.82) is 0 Å². The van der Waals surface area contributed by atoms with Crippen LogP contribution in [0.1, 0.15) is 19.8 Å². The molecule has 0 bridgehead atoms. The number of hydrogen-bond acceptors (Lipinski definition) is 5. The predicted molar refractivity (Wildman–Crippen MR) is 61.9 cm³/mol. The maximum Gasteiger partial charge on any atom is 0.228 e. The Morgan fingerprint density at radius 3 is 2.25 bits per heavy atom. The van der Waals surface area contributed by atoms with E-state index >= 15 is 0 Å². The number of aromatic nitrogens is 3. The highest BCUT2D eigenvalue weighted by Crippen LogP contribution is 2.24. The molecule has 1 aliphatic rings. The molecule has 1 aromatic rings. The van der Waals surface area contributed by atoms with Crippen LogP contribution in [-0.2, 0) is 4.74 Å². The molecule has 0 aliphatic carbocycles. The lowest BCUT2D eigenvalue weighted by Crippen LogP contribution is -2.41. The Hall–Kier alpha value is -0.650. The maximum absolute atomic E-state index is 5.70. The number of nitrogens with zero attached hydrogens (tertiary/aromatic N) is 3. The Balaban J connectivity index is 2.13. The molecule has 0 spiro atoms. The Labute approximate surface area is 104 Å². The van der Waals surface area contributed by atoms with Gasteiger partial charge in [0.05, 0.1) is 0 Å². The molecular formula is C9H12Cl2N4O. The normalized spacial score (nSPS) is 19.4. The smallest absolute Gasteiger partial charge is 0.228 e. The van der Waals surface area contributed by atoms with Crippen molar-refractivity contribution in [3.05, 3.63) is 10.6 Å². The third-order valence-electron chi connectivity index (χ3n) is 2.59. The standard InChI is InChI=1S/C9H12Cl2N4O/c1-9(2-4-16-5-3-9)15-8-13-6(10)12-7(11)14-8/h2-5H2,1H3,(H,12,13,14,15). The molecule has 1 aliphatic heterocycles. The fourth-order valence-corrected chi connectivity index (χ4v) is 1.96. The van der Waals surface area contributed by atoms with Crippen LogP contribution in [0.3, 0.4) is 0 Å². The topological polar surface area (TPSA) is 59.9 Å². The van der Waals surface area contributed by atoms with E-state index in [1.807, 2.05) is 0 Å². The van der Waals surface area contributed by atoms with Crippen molar-refractivity contribution in [1.82, 2.24) is 15.0 Å². The van der Waals surface area contributed by atoms with Gasteiger partial charge in [0.25, 0.3) is 0 Å². The largest absolute Gasteiger partial charge is 0.381 e. The first kappa shape index (κ1) is 11.8. The van der Waals surface area contributed by atoms with Gasteiger partial charge in [-0.25, -0.2) is 0 Å². The summed E-state index contributed by atoms with van der Waals surface area (Å²) < 4.78 is 5.30. The van der Waals surface area contributed by atoms with E-state index < -0.39 is 0 Å². The van der Waals surface area contributed by atoms with E-state index in [2.05, 4.69) is 27.2 Å². The van der Waals surface area contributed by atoms with Gasteiger partial charge in [0.2, 0.25) is 16.5 Å². The van der Waals surface area contributed by atoms with Crippen LogP contribution in [0.4, 0.5) is 5.95 Å². The molecule has 1 N–H and O–H groups in total. The number of rotatable bonds is 2. The number of ether oxygens (including phenoxy) is 1. The van der Waals surface area contributed by atoms with Gasteiger partial charge >= 0.3 is 0 Å². The number of halogens is 2.